The van der Waals surface area contributed by atoms with Gasteiger partial charge >= 0.3 is 41.5 Å². The fourth-order valence-electron chi connectivity index (χ4n) is 0.907. The Bertz CT molecular complexity index is 296. The van der Waals surface area contributed by atoms with Gasteiger partial charge in [-0.1, -0.05) is 0 Å². The van der Waals surface area contributed by atoms with Gasteiger partial charge in [0.25, 0.3) is 0 Å². The molecule has 0 aromatic carbocycles. The van der Waals surface area contributed by atoms with E-state index in [0.717, 1.165) is 6.92 Å². The zero-order valence-corrected chi connectivity index (χ0v) is 10.0. The van der Waals surface area contributed by atoms with Crippen molar-refractivity contribution in [2.24, 2.45) is 0 Å². The molecule has 0 aromatic rings. The third-order valence-electron chi connectivity index (χ3n) is 2.04. The second-order valence-electron chi connectivity index (χ2n) is 3.59. The van der Waals surface area contributed by atoms with E-state index in [9.17, 15) is 24.9 Å². The number of esters is 2. The molecule has 0 amide bonds. The summed E-state index contributed by atoms with van der Waals surface area (Å²) in [5.74, 6) is -2.94. The van der Waals surface area contributed by atoms with Gasteiger partial charge in [0.1, 0.15) is 24.4 Å². The summed E-state index contributed by atoms with van der Waals surface area (Å²) < 4.78 is 3.97. The van der Waals surface area contributed by atoms with Crippen LogP contribution in [0.15, 0.2) is 0 Å². The Hall–Kier alpha value is -0.140. The van der Waals surface area contributed by atoms with Crippen molar-refractivity contribution in [3.63, 3.8) is 0 Å². The first-order chi connectivity index (χ1) is 8.22. The summed E-state index contributed by atoms with van der Waals surface area (Å²) in [6.07, 6.45) is -9.88. The summed E-state index contributed by atoms with van der Waals surface area (Å²) in [7, 11) is 0. The Morgan fingerprint density at radius 3 is 1.80 bits per heavy atom. The summed E-state index contributed by atoms with van der Waals surface area (Å²) in [4.78, 5) is 21.9. The molecule has 0 aliphatic rings. The van der Waals surface area contributed by atoms with Crippen molar-refractivity contribution in [3.8, 4) is 0 Å². The van der Waals surface area contributed by atoms with Gasteiger partial charge in [0.15, 0.2) is 6.10 Å². The molecule has 0 rings (SSSR count). The predicted molar refractivity (Wildman–Crippen MR) is 64.7 cm³/mol. The first-order valence-electron chi connectivity index (χ1n) is 4.99. The summed E-state index contributed by atoms with van der Waals surface area (Å²) in [6, 6.07) is 0. The van der Waals surface area contributed by atoms with E-state index < -0.39 is 49.1 Å². The van der Waals surface area contributed by atoms with E-state index in [-0.39, 0.29) is 35.0 Å². The molecule has 0 fully saturated rings. The first kappa shape index (κ1) is 24.9. The molecule has 0 aliphatic heterocycles. The van der Waals surface area contributed by atoms with Crippen molar-refractivity contribution in [1.29, 1.82) is 0 Å². The van der Waals surface area contributed by atoms with Gasteiger partial charge in [0.05, 0.1) is 6.61 Å². The molecule has 1 unspecified atom stereocenters. The van der Waals surface area contributed by atoms with Gasteiger partial charge in [-0.2, -0.15) is 0 Å². The van der Waals surface area contributed by atoms with Gasteiger partial charge < -0.3 is 40.9 Å². The van der Waals surface area contributed by atoms with Gasteiger partial charge in [-0.3, -0.25) is 0 Å². The van der Waals surface area contributed by atoms with E-state index in [2.05, 4.69) is 4.74 Å². The van der Waals surface area contributed by atoms with Crippen molar-refractivity contribution in [1.82, 2.24) is 0 Å². The molecule has 0 aliphatic carbocycles. The van der Waals surface area contributed by atoms with Crippen LogP contribution in [0.4, 0.5) is 0 Å². The number of hydrogen-bond acceptors (Lipinski definition) is 9. The molecule has 0 bridgehead atoms. The summed E-state index contributed by atoms with van der Waals surface area (Å²) in [5.41, 5.74) is 0. The zero-order valence-electron chi connectivity index (χ0n) is 10.0. The van der Waals surface area contributed by atoms with Crippen LogP contribution in [0.3, 0.4) is 0 Å². The van der Waals surface area contributed by atoms with E-state index >= 15 is 0 Å². The van der Waals surface area contributed by atoms with Gasteiger partial charge in [-0.05, 0) is 6.92 Å². The molecule has 0 saturated carbocycles. The van der Waals surface area contributed by atoms with E-state index in [4.69, 9.17) is 15.3 Å². The normalized spacial score (nSPS) is 17.6. The molecular weight excluding hydrogens is 291 g/mol. The molecule has 0 aromatic heterocycles. The maximum atomic E-state index is 11.1. The third-order valence-corrected chi connectivity index (χ3v) is 2.04. The van der Waals surface area contributed by atoms with Crippen molar-refractivity contribution in [3.05, 3.63) is 0 Å². The number of aliphatic hydroxyl groups is 6. The van der Waals surface area contributed by atoms with Gasteiger partial charge in [-0.15, -0.1) is 0 Å². The Morgan fingerprint density at radius 2 is 1.45 bits per heavy atom. The van der Waals surface area contributed by atoms with Crippen LogP contribution >= 0.6 is 0 Å². The van der Waals surface area contributed by atoms with Gasteiger partial charge in [0.2, 0.25) is 0 Å². The van der Waals surface area contributed by atoms with Gasteiger partial charge in [-0.25, -0.2) is 9.59 Å². The van der Waals surface area contributed by atoms with Crippen molar-refractivity contribution >= 4 is 41.5 Å². The van der Waals surface area contributed by atoms with Crippen molar-refractivity contribution in [2.45, 2.75) is 37.4 Å². The fourth-order valence-corrected chi connectivity index (χ4v) is 0.907. The molecule has 11 heteroatoms. The Labute approximate surface area is 136 Å². The standard InChI is InChI=1S/C9H16O9.Na.H2O.H/c1-3(11)8(16)18-9(17)7(15)6(14)5(13)4(12)2-10;;;/h3-7,10-15H,2H2,1H3;;1H2;/t3?,4-,5-,6+,7-;;;/m1.../s1. The second kappa shape index (κ2) is 11.5. The van der Waals surface area contributed by atoms with Crippen LogP contribution in [0, 0.1) is 0 Å². The van der Waals surface area contributed by atoms with Crippen molar-refractivity contribution in [2.75, 3.05) is 6.61 Å². The number of ether oxygens (including phenoxy) is 1. The summed E-state index contributed by atoms with van der Waals surface area (Å²) in [6.45, 7) is 0.107. The first-order valence-corrected chi connectivity index (χ1v) is 4.99. The maximum absolute atomic E-state index is 11.1. The molecule has 8 N–H and O–H groups in total. The minimum atomic E-state index is -2.32. The fraction of sp³-hybridized carbons (Fsp3) is 0.778. The van der Waals surface area contributed by atoms with E-state index in [1.165, 1.54) is 0 Å². The number of aliphatic hydroxyl groups excluding tert-OH is 6. The van der Waals surface area contributed by atoms with Crippen LogP contribution in [0.5, 0.6) is 0 Å². The number of rotatable bonds is 6. The minimum absolute atomic E-state index is 0. The molecule has 10 nitrogen and oxygen atoms in total. The zero-order chi connectivity index (χ0) is 14.5. The summed E-state index contributed by atoms with van der Waals surface area (Å²) >= 11 is 0. The third kappa shape index (κ3) is 7.59. The molecule has 0 heterocycles. The predicted octanol–water partition coefficient (Wildman–Crippen LogP) is -5.60. The van der Waals surface area contributed by atoms with E-state index in [0.29, 0.717) is 0 Å². The summed E-state index contributed by atoms with van der Waals surface area (Å²) in [5, 5.41) is 53.9. The van der Waals surface area contributed by atoms with Crippen LogP contribution in [0.1, 0.15) is 6.92 Å². The van der Waals surface area contributed by atoms with Crippen LogP contribution in [0.2, 0.25) is 0 Å². The number of carbonyl (C=O) groups excluding carboxylic acids is 2. The van der Waals surface area contributed by atoms with E-state index in [1.807, 2.05) is 0 Å². The Balaban J connectivity index is -0.00000144. The van der Waals surface area contributed by atoms with Crippen LogP contribution < -0.4 is 0 Å². The van der Waals surface area contributed by atoms with Crippen molar-refractivity contribution < 1.29 is 50.4 Å². The molecule has 0 radical (unpaired) electrons. The quantitative estimate of drug-likeness (QED) is 0.157. The van der Waals surface area contributed by atoms with Gasteiger partial charge in [0, 0.05) is 0 Å². The monoisotopic (exact) mass is 310 g/mol. The van der Waals surface area contributed by atoms with E-state index in [1.54, 1.807) is 0 Å². The Morgan fingerprint density at radius 1 is 1.00 bits per heavy atom. The SMILES string of the molecule is CC(O)C(=O)OC(=O)[C@H](O)[C@@H](O)[C@H](O)[C@H](O)CO.O.[NaH]. The number of carbonyl (C=O) groups is 2. The topological polar surface area (TPSA) is 196 Å². The number of hydrogen-bond donors (Lipinski definition) is 6. The van der Waals surface area contributed by atoms with Crippen LogP contribution in [-0.2, 0) is 14.3 Å². The molecular formula is C9H19NaO10. The average molecular weight is 310 g/mol. The average Bonchev–Trinajstić information content (AvgIpc) is 2.34. The van der Waals surface area contributed by atoms with Crippen LogP contribution in [-0.4, -0.2) is 115 Å². The molecule has 5 atom stereocenters. The molecule has 20 heavy (non-hydrogen) atoms. The second-order valence-corrected chi connectivity index (χ2v) is 3.59. The molecule has 0 saturated heterocycles. The molecule has 0 spiro atoms. The Kier molecular flexibility index (Phi) is 14.3. The van der Waals surface area contributed by atoms with Crippen LogP contribution in [0.25, 0.3) is 0 Å². The molecule has 116 valence electrons.